The molecule has 1 heterocycles. The number of nitriles is 1. The number of rotatable bonds is 4. The first-order valence-corrected chi connectivity index (χ1v) is 7.95. The summed E-state index contributed by atoms with van der Waals surface area (Å²) < 4.78 is 0. The first-order chi connectivity index (χ1) is 11.7. The van der Waals surface area contributed by atoms with Crippen LogP contribution in [-0.2, 0) is 0 Å². The van der Waals surface area contributed by atoms with Crippen molar-refractivity contribution in [3.63, 3.8) is 0 Å². The minimum Gasteiger partial charge on any atom is -0.348 e. The number of isothiocyanates is 1. The Hall–Kier alpha value is -2.87. The van der Waals surface area contributed by atoms with Crippen molar-refractivity contribution in [3.05, 3.63) is 53.9 Å². The first-order valence-electron chi connectivity index (χ1n) is 7.54. The second-order valence-electron chi connectivity index (χ2n) is 5.64. The third kappa shape index (κ3) is 3.54. The van der Waals surface area contributed by atoms with E-state index in [1.807, 2.05) is 18.2 Å². The molecule has 118 valence electrons. The lowest BCUT2D eigenvalue weighted by Crippen LogP contribution is -2.46. The van der Waals surface area contributed by atoms with Gasteiger partial charge in [-0.3, -0.25) is 9.78 Å². The Bertz CT molecular complexity index is 827. The van der Waals surface area contributed by atoms with E-state index in [1.165, 1.54) is 0 Å². The number of nitrogens with one attached hydrogen (secondary N) is 1. The van der Waals surface area contributed by atoms with Crippen molar-refractivity contribution < 1.29 is 4.79 Å². The predicted molar refractivity (Wildman–Crippen MR) is 93.7 cm³/mol. The number of thiocarbonyl (C=S) groups is 1. The summed E-state index contributed by atoms with van der Waals surface area (Å²) in [4.78, 5) is 20.4. The van der Waals surface area contributed by atoms with Crippen LogP contribution in [0.2, 0.25) is 0 Å². The number of benzene rings is 1. The summed E-state index contributed by atoms with van der Waals surface area (Å²) in [5.74, 6) is -0.184. The highest BCUT2D eigenvalue weighted by atomic mass is 32.1. The minimum atomic E-state index is -0.184. The summed E-state index contributed by atoms with van der Waals surface area (Å²) in [7, 11) is 0. The molecule has 1 N–H and O–H groups in total. The van der Waals surface area contributed by atoms with E-state index in [0.29, 0.717) is 11.3 Å². The van der Waals surface area contributed by atoms with Gasteiger partial charge in [0.05, 0.1) is 22.8 Å². The number of carbonyl (C=O) groups excluding carboxylic acids is 1. The van der Waals surface area contributed by atoms with Crippen molar-refractivity contribution in [2.45, 2.75) is 24.9 Å². The van der Waals surface area contributed by atoms with Gasteiger partial charge in [0.15, 0.2) is 0 Å². The van der Waals surface area contributed by atoms with Crippen molar-refractivity contribution in [1.29, 1.82) is 5.26 Å². The second kappa shape index (κ2) is 7.14. The Morgan fingerprint density at radius 2 is 1.92 bits per heavy atom. The van der Waals surface area contributed by atoms with Gasteiger partial charge in [0.1, 0.15) is 5.69 Å². The van der Waals surface area contributed by atoms with E-state index in [-0.39, 0.29) is 18.0 Å². The van der Waals surface area contributed by atoms with Crippen LogP contribution in [0, 0.1) is 11.3 Å². The summed E-state index contributed by atoms with van der Waals surface area (Å²) in [6.07, 6.45) is 3.24. The van der Waals surface area contributed by atoms with Crippen molar-refractivity contribution in [3.8, 4) is 17.2 Å². The maximum absolute atomic E-state index is 12.2. The molecule has 1 aliphatic rings. The van der Waals surface area contributed by atoms with E-state index in [1.54, 1.807) is 24.4 Å². The number of nitrogens with zero attached hydrogens (tertiary/aromatic N) is 3. The lowest BCUT2D eigenvalue weighted by atomic mass is 9.87. The van der Waals surface area contributed by atoms with E-state index in [2.05, 4.69) is 38.7 Å². The fourth-order valence-corrected chi connectivity index (χ4v) is 2.73. The second-order valence-corrected chi connectivity index (χ2v) is 5.82. The van der Waals surface area contributed by atoms with Crippen molar-refractivity contribution in [2.24, 2.45) is 4.99 Å². The van der Waals surface area contributed by atoms with Gasteiger partial charge in [0.2, 0.25) is 0 Å². The summed E-state index contributed by atoms with van der Waals surface area (Å²) in [5.41, 5.74) is 2.84. The monoisotopic (exact) mass is 334 g/mol. The van der Waals surface area contributed by atoms with Crippen molar-refractivity contribution >= 4 is 23.3 Å². The zero-order valence-electron chi connectivity index (χ0n) is 12.8. The standard InChI is InChI=1S/C18H14N4OS/c19-9-12-1-3-13(4-2-12)14-5-6-17(20-10-14)18(23)22-16-7-15(8-16)21-11-24/h1-6,10,15-16H,7-8H2,(H,22,23). The molecule has 1 aliphatic carbocycles. The first kappa shape index (κ1) is 16.0. The normalized spacial score (nSPS) is 18.6. The van der Waals surface area contributed by atoms with Gasteiger partial charge in [-0.1, -0.05) is 18.2 Å². The zero-order valence-corrected chi connectivity index (χ0v) is 13.6. The molecule has 0 bridgehead atoms. The fraction of sp³-hybridized carbons (Fsp3) is 0.222. The number of hydrogen-bond donors (Lipinski definition) is 1. The summed E-state index contributed by atoms with van der Waals surface area (Å²) >= 11 is 4.57. The number of pyridine rings is 1. The molecule has 0 saturated heterocycles. The maximum atomic E-state index is 12.2. The Morgan fingerprint density at radius 3 is 2.50 bits per heavy atom. The quantitative estimate of drug-likeness (QED) is 0.689. The van der Waals surface area contributed by atoms with Crippen LogP contribution in [-0.4, -0.2) is 28.1 Å². The van der Waals surface area contributed by atoms with Gasteiger partial charge >= 0.3 is 0 Å². The molecule has 2 aromatic rings. The van der Waals surface area contributed by atoms with Crippen LogP contribution < -0.4 is 5.32 Å². The molecule has 24 heavy (non-hydrogen) atoms. The molecule has 0 radical (unpaired) electrons. The number of hydrogen-bond acceptors (Lipinski definition) is 5. The van der Waals surface area contributed by atoms with Gasteiger partial charge in [-0.05, 0) is 48.8 Å². The Labute approximate surface area is 145 Å². The number of aliphatic imine (C=N–C) groups is 1. The third-order valence-corrected chi connectivity index (χ3v) is 4.13. The third-order valence-electron chi connectivity index (χ3n) is 4.03. The molecule has 1 amide bonds. The Balaban J connectivity index is 1.62. The minimum absolute atomic E-state index is 0.120. The van der Waals surface area contributed by atoms with Crippen LogP contribution in [0.15, 0.2) is 47.6 Å². The van der Waals surface area contributed by atoms with Crippen molar-refractivity contribution in [2.75, 3.05) is 0 Å². The molecule has 1 fully saturated rings. The van der Waals surface area contributed by atoms with Gasteiger partial charge in [-0.15, -0.1) is 0 Å². The van der Waals surface area contributed by atoms with E-state index in [9.17, 15) is 4.79 Å². The molecule has 3 rings (SSSR count). The number of aromatic nitrogens is 1. The number of amides is 1. The van der Waals surface area contributed by atoms with Crippen LogP contribution in [0.1, 0.15) is 28.9 Å². The summed E-state index contributed by atoms with van der Waals surface area (Å²) in [6.45, 7) is 0. The molecule has 6 heteroatoms. The van der Waals surface area contributed by atoms with Crippen molar-refractivity contribution in [1.82, 2.24) is 10.3 Å². The van der Waals surface area contributed by atoms with Crippen LogP contribution in [0.4, 0.5) is 0 Å². The largest absolute Gasteiger partial charge is 0.348 e. The molecular weight excluding hydrogens is 320 g/mol. The SMILES string of the molecule is N#Cc1ccc(-c2ccc(C(=O)NC3CC(N=C=S)C3)nc2)cc1. The van der Waals surface area contributed by atoms with Gasteiger partial charge in [0.25, 0.3) is 5.91 Å². The highest BCUT2D eigenvalue weighted by molar-refractivity contribution is 7.78. The molecule has 0 atom stereocenters. The van der Waals surface area contributed by atoms with Gasteiger partial charge in [0, 0.05) is 17.8 Å². The van der Waals surface area contributed by atoms with Crippen LogP contribution in [0.25, 0.3) is 11.1 Å². The van der Waals surface area contributed by atoms with Crippen LogP contribution >= 0.6 is 12.2 Å². The fourth-order valence-electron chi connectivity index (χ4n) is 2.58. The zero-order chi connectivity index (χ0) is 16.9. The van der Waals surface area contributed by atoms with E-state index >= 15 is 0 Å². The van der Waals surface area contributed by atoms with Gasteiger partial charge in [-0.2, -0.15) is 5.26 Å². The molecule has 1 saturated carbocycles. The molecule has 1 aromatic carbocycles. The number of carbonyl (C=O) groups is 1. The molecule has 1 aromatic heterocycles. The summed E-state index contributed by atoms with van der Waals surface area (Å²) in [6, 6.07) is 13.2. The topological polar surface area (TPSA) is 78.1 Å². The van der Waals surface area contributed by atoms with E-state index < -0.39 is 0 Å². The molecule has 0 aliphatic heterocycles. The summed E-state index contributed by atoms with van der Waals surface area (Å²) in [5, 5.41) is 14.1. The maximum Gasteiger partial charge on any atom is 0.270 e. The molecule has 0 spiro atoms. The van der Waals surface area contributed by atoms with E-state index in [0.717, 1.165) is 24.0 Å². The molecule has 5 nitrogen and oxygen atoms in total. The van der Waals surface area contributed by atoms with Gasteiger partial charge in [-0.25, -0.2) is 4.99 Å². The lowest BCUT2D eigenvalue weighted by molar-refractivity contribution is 0.0905. The highest BCUT2D eigenvalue weighted by Crippen LogP contribution is 2.23. The highest BCUT2D eigenvalue weighted by Gasteiger charge is 2.30. The average Bonchev–Trinajstić information content (AvgIpc) is 2.60. The Kier molecular flexibility index (Phi) is 4.76. The average molecular weight is 334 g/mol. The Morgan fingerprint density at radius 1 is 1.21 bits per heavy atom. The lowest BCUT2D eigenvalue weighted by Gasteiger charge is -2.32. The van der Waals surface area contributed by atoms with Crippen LogP contribution in [0.5, 0.6) is 0 Å². The van der Waals surface area contributed by atoms with E-state index in [4.69, 9.17) is 5.26 Å². The molecular formula is C18H14N4OS. The van der Waals surface area contributed by atoms with Crippen LogP contribution in [0.3, 0.4) is 0 Å². The smallest absolute Gasteiger partial charge is 0.270 e. The predicted octanol–water partition coefficient (Wildman–Crippen LogP) is 2.98. The molecule has 0 unspecified atom stereocenters. The van der Waals surface area contributed by atoms with Gasteiger partial charge < -0.3 is 5.32 Å².